The monoisotopic (exact) mass is 1300 g/mol. The van der Waals surface area contributed by atoms with Crippen molar-refractivity contribution in [1.82, 2.24) is 0 Å². The van der Waals surface area contributed by atoms with Gasteiger partial charge >= 0.3 is 39.5 Å². The molecule has 0 aromatic rings. The topological polar surface area (TPSA) is 237 Å². The minimum Gasteiger partial charge on any atom is -0.462 e. The van der Waals surface area contributed by atoms with Crippen molar-refractivity contribution >= 4 is 39.5 Å². The Morgan fingerprint density at radius 1 is 0.330 bits per heavy atom. The van der Waals surface area contributed by atoms with E-state index in [2.05, 4.69) is 48.5 Å². The Hall–Kier alpha value is -1.94. The Morgan fingerprint density at radius 2 is 0.580 bits per heavy atom. The number of aliphatic hydroxyl groups excluding tert-OH is 1. The fourth-order valence-corrected chi connectivity index (χ4v) is 11.9. The number of rotatable bonds is 67. The number of carbonyl (C=O) groups excluding carboxylic acids is 4. The normalized spacial score (nSPS) is 14.9. The van der Waals surface area contributed by atoms with Gasteiger partial charge in [0.25, 0.3) is 0 Å². The van der Waals surface area contributed by atoms with Crippen molar-refractivity contribution in [3.63, 3.8) is 0 Å². The van der Waals surface area contributed by atoms with Crippen LogP contribution in [-0.4, -0.2) is 96.7 Å². The molecule has 7 atom stereocenters. The van der Waals surface area contributed by atoms with Gasteiger partial charge in [-0.15, -0.1) is 0 Å². The van der Waals surface area contributed by atoms with Crippen LogP contribution in [0, 0.1) is 17.8 Å². The number of unbranched alkanes of at least 4 members (excludes halogenated alkanes) is 33. The van der Waals surface area contributed by atoms with Crippen LogP contribution < -0.4 is 0 Å². The van der Waals surface area contributed by atoms with Gasteiger partial charge in [0.1, 0.15) is 19.3 Å². The standard InChI is InChI=1S/C69H134O17P2/c1-8-11-12-33-43-50-66(71)79-56-64(86-69(74)53-46-39-32-31-36-42-49-62(7)10-3)58-83-87(75,76)81-54-63(70)55-82-88(77,78)84-59-65(57-80-67(72)51-44-37-29-26-25-27-34-40-47-60(4)5)85-68(73)52-45-38-30-24-22-20-18-16-14-13-15-17-19-21-23-28-35-41-48-61(6)9-2/h60-65,70H,8-59H2,1-7H3,(H,75,76)(H,77,78)/t61?,62?,63-,64+,65+/m0/s1. The Morgan fingerprint density at radius 3 is 0.864 bits per heavy atom. The van der Waals surface area contributed by atoms with Gasteiger partial charge in [0.15, 0.2) is 12.2 Å². The molecule has 0 heterocycles. The van der Waals surface area contributed by atoms with E-state index >= 15 is 0 Å². The molecule has 19 heteroatoms. The second kappa shape index (κ2) is 60.0. The molecule has 0 aliphatic rings. The molecule has 0 fully saturated rings. The molecule has 0 spiro atoms. The summed E-state index contributed by atoms with van der Waals surface area (Å²) in [5.74, 6) is 0.174. The van der Waals surface area contributed by atoms with Gasteiger partial charge in [-0.1, -0.05) is 292 Å². The lowest BCUT2D eigenvalue weighted by Crippen LogP contribution is -2.30. The number of carbonyl (C=O) groups is 4. The quantitative estimate of drug-likeness (QED) is 0.0222. The number of ether oxygens (including phenoxy) is 4. The average Bonchev–Trinajstić information content (AvgIpc) is 3.61. The first-order valence-electron chi connectivity index (χ1n) is 35.9. The van der Waals surface area contributed by atoms with Gasteiger partial charge in [-0.05, 0) is 43.4 Å². The summed E-state index contributed by atoms with van der Waals surface area (Å²) >= 11 is 0. The fraction of sp³-hybridized carbons (Fsp3) is 0.942. The second-order valence-electron chi connectivity index (χ2n) is 25.9. The van der Waals surface area contributed by atoms with E-state index in [1.54, 1.807) is 0 Å². The second-order valence-corrected chi connectivity index (χ2v) is 28.8. The van der Waals surface area contributed by atoms with Gasteiger partial charge in [0, 0.05) is 25.7 Å². The van der Waals surface area contributed by atoms with Gasteiger partial charge < -0.3 is 33.8 Å². The zero-order valence-corrected chi connectivity index (χ0v) is 59.0. The first-order valence-corrected chi connectivity index (χ1v) is 38.9. The SMILES string of the molecule is CCCCCCCC(=O)OC[C@H](COP(=O)(O)OC[C@H](O)COP(=O)(O)OC[C@@H](COC(=O)CCCCCCCCCCC(C)C)OC(=O)CCCCCCCCCCCCCCCCCCCCC(C)CC)OC(=O)CCCCCCCCC(C)CC. The number of hydrogen-bond donors (Lipinski definition) is 3. The summed E-state index contributed by atoms with van der Waals surface area (Å²) in [5.41, 5.74) is 0. The Balaban J connectivity index is 5.08. The molecule has 3 N–H and O–H groups in total. The zero-order chi connectivity index (χ0) is 65.2. The Kier molecular flexibility index (Phi) is 58.7. The van der Waals surface area contributed by atoms with E-state index in [9.17, 15) is 43.2 Å². The van der Waals surface area contributed by atoms with Gasteiger partial charge in [-0.3, -0.25) is 37.3 Å². The minimum absolute atomic E-state index is 0.102. The van der Waals surface area contributed by atoms with Crippen LogP contribution in [0.4, 0.5) is 0 Å². The number of esters is 4. The number of phosphoric acid groups is 2. The van der Waals surface area contributed by atoms with Crippen molar-refractivity contribution in [3.8, 4) is 0 Å². The molecule has 0 saturated carbocycles. The predicted molar refractivity (Wildman–Crippen MR) is 354 cm³/mol. The predicted octanol–water partition coefficient (Wildman–Crippen LogP) is 19.5. The molecule has 0 radical (unpaired) electrons. The Bertz CT molecular complexity index is 1740. The van der Waals surface area contributed by atoms with E-state index < -0.39 is 97.5 Å². The van der Waals surface area contributed by atoms with Crippen molar-refractivity contribution in [2.45, 2.75) is 362 Å². The summed E-state index contributed by atoms with van der Waals surface area (Å²) in [6, 6.07) is 0. The third-order valence-electron chi connectivity index (χ3n) is 16.6. The third-order valence-corrected chi connectivity index (χ3v) is 18.5. The highest BCUT2D eigenvalue weighted by Gasteiger charge is 2.30. The molecule has 0 rings (SSSR count). The molecule has 0 aliphatic carbocycles. The van der Waals surface area contributed by atoms with Crippen LogP contribution in [0.3, 0.4) is 0 Å². The van der Waals surface area contributed by atoms with Crippen LogP contribution in [-0.2, 0) is 65.4 Å². The van der Waals surface area contributed by atoms with E-state index in [-0.39, 0.29) is 25.7 Å². The number of aliphatic hydroxyl groups is 1. The zero-order valence-electron chi connectivity index (χ0n) is 57.2. The van der Waals surface area contributed by atoms with Gasteiger partial charge in [-0.25, -0.2) is 9.13 Å². The molecule has 0 aromatic carbocycles. The van der Waals surface area contributed by atoms with Gasteiger partial charge in [0.05, 0.1) is 26.4 Å². The van der Waals surface area contributed by atoms with E-state index in [4.69, 9.17) is 37.0 Å². The van der Waals surface area contributed by atoms with Crippen molar-refractivity contribution in [2.24, 2.45) is 17.8 Å². The van der Waals surface area contributed by atoms with Crippen LogP contribution in [0.25, 0.3) is 0 Å². The molecule has 522 valence electrons. The summed E-state index contributed by atoms with van der Waals surface area (Å²) in [6.45, 7) is 11.7. The average molecular weight is 1300 g/mol. The van der Waals surface area contributed by atoms with Crippen molar-refractivity contribution in [1.29, 1.82) is 0 Å². The molecular formula is C69H134O17P2. The molecule has 0 aromatic heterocycles. The number of phosphoric ester groups is 2. The van der Waals surface area contributed by atoms with Crippen molar-refractivity contribution in [3.05, 3.63) is 0 Å². The van der Waals surface area contributed by atoms with Crippen LogP contribution in [0.1, 0.15) is 344 Å². The molecule has 88 heavy (non-hydrogen) atoms. The van der Waals surface area contributed by atoms with Crippen LogP contribution in [0.2, 0.25) is 0 Å². The highest BCUT2D eigenvalue weighted by molar-refractivity contribution is 7.47. The van der Waals surface area contributed by atoms with Crippen LogP contribution in [0.15, 0.2) is 0 Å². The van der Waals surface area contributed by atoms with Gasteiger partial charge in [0.2, 0.25) is 0 Å². The maximum Gasteiger partial charge on any atom is 0.472 e. The number of hydrogen-bond acceptors (Lipinski definition) is 15. The van der Waals surface area contributed by atoms with Crippen LogP contribution >= 0.6 is 15.6 Å². The molecule has 0 saturated heterocycles. The summed E-state index contributed by atoms with van der Waals surface area (Å²) in [7, 11) is -9.89. The summed E-state index contributed by atoms with van der Waals surface area (Å²) < 4.78 is 67.9. The maximum atomic E-state index is 13.0. The molecular weight excluding hydrogens is 1160 g/mol. The first kappa shape index (κ1) is 86.1. The highest BCUT2D eigenvalue weighted by Crippen LogP contribution is 2.45. The molecule has 0 bridgehead atoms. The van der Waals surface area contributed by atoms with Gasteiger partial charge in [-0.2, -0.15) is 0 Å². The minimum atomic E-state index is -4.95. The fourth-order valence-electron chi connectivity index (χ4n) is 10.3. The lowest BCUT2D eigenvalue weighted by molar-refractivity contribution is -0.161. The molecule has 17 nitrogen and oxygen atoms in total. The largest absolute Gasteiger partial charge is 0.472 e. The van der Waals surface area contributed by atoms with E-state index in [1.165, 1.54) is 148 Å². The Labute approximate surface area is 537 Å². The third kappa shape index (κ3) is 60.3. The molecule has 0 aliphatic heterocycles. The smallest absolute Gasteiger partial charge is 0.462 e. The van der Waals surface area contributed by atoms with Crippen LogP contribution in [0.5, 0.6) is 0 Å². The van der Waals surface area contributed by atoms with E-state index in [1.807, 2.05) is 0 Å². The maximum absolute atomic E-state index is 13.0. The summed E-state index contributed by atoms with van der Waals surface area (Å²) in [5, 5.41) is 10.5. The van der Waals surface area contributed by atoms with Crippen molar-refractivity contribution in [2.75, 3.05) is 39.6 Å². The first-order chi connectivity index (χ1) is 42.3. The lowest BCUT2D eigenvalue weighted by atomic mass is 9.99. The summed E-state index contributed by atoms with van der Waals surface area (Å²) in [6.07, 6.45) is 43.7. The van der Waals surface area contributed by atoms with E-state index in [0.29, 0.717) is 25.7 Å². The molecule has 0 amide bonds. The van der Waals surface area contributed by atoms with E-state index in [0.717, 1.165) is 114 Å². The molecule has 4 unspecified atom stereocenters. The summed E-state index contributed by atoms with van der Waals surface area (Å²) in [4.78, 5) is 72.1. The lowest BCUT2D eigenvalue weighted by Gasteiger charge is -2.21. The van der Waals surface area contributed by atoms with Crippen molar-refractivity contribution < 1.29 is 80.2 Å². The highest BCUT2D eigenvalue weighted by atomic mass is 31.2.